The molecule has 22 nitrogen and oxygen atoms in total. The van der Waals surface area contributed by atoms with Gasteiger partial charge in [0, 0.05) is 146 Å². The van der Waals surface area contributed by atoms with Gasteiger partial charge in [0.05, 0.1) is 64.5 Å². The van der Waals surface area contributed by atoms with Crippen LogP contribution in [0.2, 0.25) is 0 Å². The van der Waals surface area contributed by atoms with Gasteiger partial charge >= 0.3 is 6.29 Å². The quantitative estimate of drug-likeness (QED) is 0.0860. The van der Waals surface area contributed by atoms with E-state index in [0.717, 1.165) is 222 Å². The minimum absolute atomic E-state index is 0.0201. The second-order valence-electron chi connectivity index (χ2n) is 30.1. The van der Waals surface area contributed by atoms with E-state index < -0.39 is 12.7 Å². The highest BCUT2D eigenvalue weighted by atomic mass is 19.3. The number of rotatable bonds is 15. The van der Waals surface area contributed by atoms with Gasteiger partial charge in [-0.3, -0.25) is 0 Å². The number of nitriles is 2. The molecule has 578 valence electrons. The van der Waals surface area contributed by atoms with E-state index in [4.69, 9.17) is 34.9 Å². The van der Waals surface area contributed by atoms with Crippen LogP contribution < -0.4 is 33.6 Å². The SMILES string of the molecule is COc1ccc(-c2nc(C3CCN(c4ncnc5c4C=C(c4ccc(C#N)cc4)C5)CC3)[nH]c2C)cn1.Cc1[nH]c(C2CCN(c3ncnc4c3C=C(c3ccc(C#N)cc3)C4)CC2)nc1-c1ccc(OC(C)F)cc1.Cc1ccc(C2=Cc3c(ncnc3N3CCC(c4nc(-c5ccc6c(c5)OC(F)(F)O6)c(C)[nH]4)CC3)C2)cc1. The largest absolute Gasteiger partial charge is 0.586 e. The van der Waals surface area contributed by atoms with Gasteiger partial charge in [-0.15, -0.1) is 8.78 Å². The maximum absolute atomic E-state index is 13.5. The third-order valence-electron chi connectivity index (χ3n) is 22.6. The summed E-state index contributed by atoms with van der Waals surface area (Å²) in [5.74, 6) is 8.08. The number of imidazole rings is 3. The van der Waals surface area contributed by atoms with Crippen molar-refractivity contribution in [3.05, 3.63) is 254 Å². The normalized spacial score (nSPS) is 16.4. The number of hydrogen-bond acceptors (Lipinski definition) is 19. The monoisotopic (exact) mass is 1540 g/mol. The number of fused-ring (bicyclic) bond motifs is 4. The zero-order chi connectivity index (χ0) is 79.0. The van der Waals surface area contributed by atoms with Crippen molar-refractivity contribution in [2.75, 3.05) is 61.1 Å². The highest BCUT2D eigenvalue weighted by molar-refractivity contribution is 5.93. The molecule has 0 amide bonds. The van der Waals surface area contributed by atoms with E-state index in [1.54, 1.807) is 50.4 Å². The summed E-state index contributed by atoms with van der Waals surface area (Å²) in [5.41, 5.74) is 24.5. The molecule has 3 N–H and O–H groups in total. The van der Waals surface area contributed by atoms with Gasteiger partial charge in [0.2, 0.25) is 12.2 Å². The van der Waals surface area contributed by atoms with E-state index in [1.807, 2.05) is 92.8 Å². The van der Waals surface area contributed by atoms with Gasteiger partial charge in [0.25, 0.3) is 0 Å². The van der Waals surface area contributed by atoms with Crippen LogP contribution in [-0.4, -0.2) is 124 Å². The van der Waals surface area contributed by atoms with Crippen molar-refractivity contribution in [1.82, 2.24) is 64.8 Å². The van der Waals surface area contributed by atoms with Gasteiger partial charge in [-0.1, -0.05) is 54.1 Å². The Kier molecular flexibility index (Phi) is 20.5. The highest BCUT2D eigenvalue weighted by Gasteiger charge is 2.44. The van der Waals surface area contributed by atoms with Gasteiger partial charge in [-0.25, -0.2) is 54.2 Å². The zero-order valence-corrected chi connectivity index (χ0v) is 64.6. The molecule has 1 unspecified atom stereocenters. The molecule has 4 aliphatic heterocycles. The summed E-state index contributed by atoms with van der Waals surface area (Å²) < 4.78 is 59.5. The molecule has 11 heterocycles. The van der Waals surface area contributed by atoms with Crippen molar-refractivity contribution in [3.8, 4) is 69.0 Å². The summed E-state index contributed by atoms with van der Waals surface area (Å²) in [6.45, 7) is 14.8. The molecule has 5 aromatic carbocycles. The molecule has 12 aromatic rings. The van der Waals surface area contributed by atoms with E-state index in [0.29, 0.717) is 40.2 Å². The molecule has 0 saturated carbocycles. The summed E-state index contributed by atoms with van der Waals surface area (Å²) >= 11 is 0. The third kappa shape index (κ3) is 15.7. The predicted octanol–water partition coefficient (Wildman–Crippen LogP) is 17.4. The number of H-pyrrole nitrogens is 3. The average molecular weight is 1540 g/mol. The number of halogens is 3. The Bertz CT molecular complexity index is 5800. The number of nitrogens with one attached hydrogen (secondary N) is 3. The lowest BCUT2D eigenvalue weighted by Gasteiger charge is -2.32. The fraction of sp³-hybridized carbons (Fsp3) is 0.289. The van der Waals surface area contributed by atoms with Crippen LogP contribution in [0.15, 0.2) is 153 Å². The molecule has 1 atom stereocenters. The van der Waals surface area contributed by atoms with Crippen LogP contribution >= 0.6 is 0 Å². The molecule has 0 bridgehead atoms. The van der Waals surface area contributed by atoms with Crippen molar-refractivity contribution in [1.29, 1.82) is 10.5 Å². The van der Waals surface area contributed by atoms with Crippen molar-refractivity contribution in [3.63, 3.8) is 0 Å². The summed E-state index contributed by atoms with van der Waals surface area (Å²) in [4.78, 5) is 64.4. The van der Waals surface area contributed by atoms with Crippen LogP contribution in [-0.2, 0) is 19.3 Å². The number of aromatic amines is 3. The first-order chi connectivity index (χ1) is 55.9. The number of methoxy groups -OCH3 is 1. The van der Waals surface area contributed by atoms with E-state index in [9.17, 15) is 13.2 Å². The standard InChI is InChI=1S/C31H29FN6O.C30H27F2N5O2.C29H27N7O/c1-19-29(23-7-9-26(10-8-23)39-20(2)32)37-30(36-19)24-11-13-38(14-12-24)31-27-15-25(16-28(27)34-18-35-31)22-5-3-21(17-33)4-6-22;1-17-3-5-19(6-4-17)22-13-23-24(14-22)33-16-34-29(23)37-11-9-20(10-12-37)28-35-18(2)27(36-28)21-7-8-25-26(15-21)39-30(31,32)38-25;1-18-27(22-7-8-26(37-2)31-16-22)35-28(34-18)21-9-11-36(12-10-21)29-24-13-23(14-25(24)32-17-33-29)20-5-3-19(15-30)4-6-20/h3-10,15,18,20,24H,11-14,16H2,1-2H3,(H,36,37);3-8,13,15-16,20H,9-12,14H2,1-2H3,(H,35,36);3-8,13,16-17,21H,9-12,14H2,1-2H3,(H,34,35). The number of ether oxygens (including phenoxy) is 4. The predicted molar refractivity (Wildman–Crippen MR) is 435 cm³/mol. The van der Waals surface area contributed by atoms with E-state index >= 15 is 0 Å². The molecule has 115 heavy (non-hydrogen) atoms. The van der Waals surface area contributed by atoms with Gasteiger partial charge in [-0.05, 0) is 191 Å². The van der Waals surface area contributed by atoms with Crippen LogP contribution in [0.3, 0.4) is 0 Å². The molecule has 3 fully saturated rings. The second kappa shape index (κ2) is 31.7. The molecule has 7 aliphatic rings. The van der Waals surface area contributed by atoms with Crippen LogP contribution in [0, 0.1) is 50.4 Å². The smallest absolute Gasteiger partial charge is 0.481 e. The Balaban J connectivity index is 0.000000124. The average Bonchev–Trinajstić information content (AvgIpc) is 1.65. The van der Waals surface area contributed by atoms with Gasteiger partial charge in [0.1, 0.15) is 59.7 Å². The number of piperidine rings is 3. The van der Waals surface area contributed by atoms with E-state index in [-0.39, 0.29) is 17.4 Å². The number of anilines is 3. The zero-order valence-electron chi connectivity index (χ0n) is 64.6. The van der Waals surface area contributed by atoms with Crippen LogP contribution in [0.4, 0.5) is 30.6 Å². The lowest BCUT2D eigenvalue weighted by atomic mass is 9.96. The Morgan fingerprint density at radius 3 is 1.23 bits per heavy atom. The maximum Gasteiger partial charge on any atom is 0.586 e. The van der Waals surface area contributed by atoms with Crippen molar-refractivity contribution in [2.45, 2.75) is 123 Å². The molecule has 19 rings (SSSR count). The van der Waals surface area contributed by atoms with Gasteiger partial charge in [0.15, 0.2) is 11.5 Å². The topological polar surface area (TPSA) is 270 Å². The van der Waals surface area contributed by atoms with Crippen molar-refractivity contribution >= 4 is 52.4 Å². The number of allylic oxidation sites excluding steroid dienone is 3. The van der Waals surface area contributed by atoms with Crippen LogP contribution in [0.1, 0.15) is 165 Å². The van der Waals surface area contributed by atoms with Gasteiger partial charge in [-0.2, -0.15) is 10.5 Å². The maximum atomic E-state index is 13.5. The Morgan fingerprint density at radius 1 is 0.461 bits per heavy atom. The third-order valence-corrected chi connectivity index (χ3v) is 22.6. The summed E-state index contributed by atoms with van der Waals surface area (Å²) in [5, 5.41) is 18.2. The molecule has 0 radical (unpaired) electrons. The van der Waals surface area contributed by atoms with E-state index in [1.165, 1.54) is 40.8 Å². The minimum Gasteiger partial charge on any atom is -0.481 e. The Morgan fingerprint density at radius 2 is 0.835 bits per heavy atom. The number of pyridine rings is 1. The highest BCUT2D eigenvalue weighted by Crippen LogP contribution is 2.46. The summed E-state index contributed by atoms with van der Waals surface area (Å²) in [6, 6.07) is 44.5. The fourth-order valence-electron chi connectivity index (χ4n) is 16.5. The second-order valence-corrected chi connectivity index (χ2v) is 30.1. The number of aromatic nitrogens is 13. The molecule has 25 heteroatoms. The van der Waals surface area contributed by atoms with Crippen LogP contribution in [0.5, 0.6) is 23.1 Å². The lowest BCUT2D eigenvalue weighted by molar-refractivity contribution is -0.286. The number of benzene rings is 5. The summed E-state index contributed by atoms with van der Waals surface area (Å²) in [6.07, 6.45) is 16.7. The van der Waals surface area contributed by atoms with E-state index in [2.05, 4.69) is 142 Å². The van der Waals surface area contributed by atoms with Crippen molar-refractivity contribution < 1.29 is 32.1 Å². The number of alkyl halides is 3. The number of aryl methyl sites for hydroxylation is 4. The first-order valence-electron chi connectivity index (χ1n) is 38.9. The van der Waals surface area contributed by atoms with Crippen molar-refractivity contribution in [2.24, 2.45) is 0 Å². The molecule has 0 spiro atoms. The Labute approximate surface area is 663 Å². The molecule has 3 aliphatic carbocycles. The van der Waals surface area contributed by atoms with Gasteiger partial charge < -0.3 is 48.6 Å². The lowest BCUT2D eigenvalue weighted by Crippen LogP contribution is -2.34. The first-order valence-corrected chi connectivity index (χ1v) is 38.9. The minimum atomic E-state index is -3.64. The first kappa shape index (κ1) is 74.5. The molecular formula is C90H83F3N18O4. The summed E-state index contributed by atoms with van der Waals surface area (Å²) in [7, 11) is 1.62. The number of hydrogen-bond donors (Lipinski definition) is 3. The fourth-order valence-corrected chi connectivity index (χ4v) is 16.5. The molecular weight excluding hydrogens is 1450 g/mol. The van der Waals surface area contributed by atoms with Crippen LogP contribution in [0.25, 0.3) is 68.7 Å². The molecule has 7 aromatic heterocycles. The molecule has 3 saturated heterocycles. The number of nitrogens with zero attached hydrogens (tertiary/aromatic N) is 15. The Hall–Kier alpha value is -13.3.